The minimum Gasteiger partial charge on any atom is -0.368 e. The SMILES string of the molecule is C[C@@H]1C2(CCC(C)(Cl)[C@H](Br)C2)[C@]2(C)CC[C@@]1(C)O2. The number of fused-ring (bicyclic) bond motifs is 3. The lowest BCUT2D eigenvalue weighted by molar-refractivity contribution is -0.0718. The molecule has 3 aliphatic rings. The molecule has 0 aromatic heterocycles. The van der Waals surface area contributed by atoms with Gasteiger partial charge in [0, 0.05) is 10.2 Å². The van der Waals surface area contributed by atoms with Crippen molar-refractivity contribution in [3.05, 3.63) is 0 Å². The van der Waals surface area contributed by atoms with Crippen LogP contribution in [0.15, 0.2) is 0 Å². The maximum Gasteiger partial charge on any atom is 0.0723 e. The highest BCUT2D eigenvalue weighted by atomic mass is 79.9. The van der Waals surface area contributed by atoms with Gasteiger partial charge < -0.3 is 4.74 Å². The van der Waals surface area contributed by atoms with Gasteiger partial charge in [-0.05, 0) is 58.8 Å². The van der Waals surface area contributed by atoms with Crippen LogP contribution in [0.3, 0.4) is 0 Å². The standard InChI is InChI=1S/C15H24BrClO/c1-10-13(3)6-7-14(4,18-13)15(10)8-5-12(2,17)11(16)9-15/h10-11H,5-9H2,1-4H3/t10-,11+,12?,13+,14-,15?/m0/s1. The molecule has 0 radical (unpaired) electrons. The minimum atomic E-state index is -0.0932. The van der Waals surface area contributed by atoms with E-state index in [1.165, 1.54) is 19.3 Å². The predicted molar refractivity (Wildman–Crippen MR) is 79.6 cm³/mol. The van der Waals surface area contributed by atoms with Crippen molar-refractivity contribution in [3.8, 4) is 0 Å². The van der Waals surface area contributed by atoms with E-state index < -0.39 is 0 Å². The Bertz CT molecular complexity index is 385. The number of ether oxygens (including phenoxy) is 1. The number of hydrogen-bond acceptors (Lipinski definition) is 1. The fourth-order valence-corrected chi connectivity index (χ4v) is 5.91. The summed E-state index contributed by atoms with van der Waals surface area (Å²) in [6.45, 7) is 9.23. The molecule has 3 heteroatoms. The summed E-state index contributed by atoms with van der Waals surface area (Å²) in [5, 5.41) is 0. The Morgan fingerprint density at radius 3 is 2.28 bits per heavy atom. The smallest absolute Gasteiger partial charge is 0.0723 e. The summed E-state index contributed by atoms with van der Waals surface area (Å²) in [6, 6.07) is 0. The Morgan fingerprint density at radius 2 is 1.78 bits per heavy atom. The van der Waals surface area contributed by atoms with E-state index in [2.05, 4.69) is 43.6 Å². The van der Waals surface area contributed by atoms with Crippen LogP contribution < -0.4 is 0 Å². The maximum absolute atomic E-state index is 6.63. The number of rotatable bonds is 0. The average Bonchev–Trinajstić information content (AvgIpc) is 2.66. The summed E-state index contributed by atoms with van der Waals surface area (Å²) in [5.41, 5.74) is 0.491. The number of alkyl halides is 2. The molecule has 2 bridgehead atoms. The second-order valence-electron chi connectivity index (χ2n) is 7.47. The quantitative estimate of drug-likeness (QED) is 0.572. The second-order valence-corrected chi connectivity index (χ2v) is 9.44. The van der Waals surface area contributed by atoms with Gasteiger partial charge in [0.15, 0.2) is 0 Å². The van der Waals surface area contributed by atoms with E-state index in [4.69, 9.17) is 16.3 Å². The third-order valence-electron chi connectivity index (χ3n) is 6.61. The Hall–Kier alpha value is 0.730. The molecule has 1 nitrogen and oxygen atoms in total. The summed E-state index contributed by atoms with van der Waals surface area (Å²) in [5.74, 6) is 0.636. The molecule has 1 spiro atoms. The first-order valence-corrected chi connectivity index (χ1v) is 8.48. The zero-order chi connectivity index (χ0) is 13.4. The van der Waals surface area contributed by atoms with E-state index in [1.807, 2.05) is 0 Å². The molecule has 104 valence electrons. The van der Waals surface area contributed by atoms with Crippen LogP contribution in [0.1, 0.15) is 59.8 Å². The van der Waals surface area contributed by atoms with Crippen LogP contribution in [-0.2, 0) is 4.74 Å². The van der Waals surface area contributed by atoms with Crippen molar-refractivity contribution in [2.75, 3.05) is 0 Å². The molecule has 2 heterocycles. The number of hydrogen-bond donors (Lipinski definition) is 0. The molecule has 0 aromatic carbocycles. The lowest BCUT2D eigenvalue weighted by Crippen LogP contribution is -2.55. The third kappa shape index (κ3) is 1.49. The first-order valence-electron chi connectivity index (χ1n) is 7.18. The van der Waals surface area contributed by atoms with E-state index in [0.29, 0.717) is 16.2 Å². The van der Waals surface area contributed by atoms with Gasteiger partial charge in [-0.2, -0.15) is 0 Å². The topological polar surface area (TPSA) is 9.23 Å². The Kier molecular flexibility index (Phi) is 2.80. The summed E-state index contributed by atoms with van der Waals surface area (Å²) in [6.07, 6.45) is 5.89. The summed E-state index contributed by atoms with van der Waals surface area (Å²) in [7, 11) is 0. The monoisotopic (exact) mass is 334 g/mol. The number of halogens is 2. The first kappa shape index (κ1) is 13.7. The Labute approximate surface area is 124 Å². The zero-order valence-electron chi connectivity index (χ0n) is 11.9. The van der Waals surface area contributed by atoms with Crippen molar-refractivity contribution < 1.29 is 4.74 Å². The molecule has 6 atom stereocenters. The fourth-order valence-electron chi connectivity index (χ4n) is 4.93. The largest absolute Gasteiger partial charge is 0.368 e. The van der Waals surface area contributed by atoms with E-state index in [9.17, 15) is 0 Å². The van der Waals surface area contributed by atoms with Crippen LogP contribution in [0, 0.1) is 11.3 Å². The molecule has 3 fully saturated rings. The van der Waals surface area contributed by atoms with Crippen LogP contribution in [0.2, 0.25) is 0 Å². The highest BCUT2D eigenvalue weighted by Gasteiger charge is 2.70. The van der Waals surface area contributed by atoms with Gasteiger partial charge in [0.1, 0.15) is 0 Å². The zero-order valence-corrected chi connectivity index (χ0v) is 14.2. The van der Waals surface area contributed by atoms with Crippen molar-refractivity contribution in [1.29, 1.82) is 0 Å². The van der Waals surface area contributed by atoms with Gasteiger partial charge in [0.2, 0.25) is 0 Å². The van der Waals surface area contributed by atoms with Gasteiger partial charge in [-0.3, -0.25) is 0 Å². The highest BCUT2D eigenvalue weighted by molar-refractivity contribution is 9.09. The second kappa shape index (κ2) is 3.68. The normalized spacial score (nSPS) is 63.7. The fraction of sp³-hybridized carbons (Fsp3) is 1.00. The lowest BCUT2D eigenvalue weighted by atomic mass is 9.51. The van der Waals surface area contributed by atoms with Gasteiger partial charge in [-0.25, -0.2) is 0 Å². The predicted octanol–water partition coefficient (Wildman–Crippen LogP) is 4.90. The van der Waals surface area contributed by atoms with Crippen LogP contribution in [-0.4, -0.2) is 20.9 Å². The molecule has 2 aliphatic heterocycles. The first-order chi connectivity index (χ1) is 8.15. The van der Waals surface area contributed by atoms with E-state index in [-0.39, 0.29) is 16.1 Å². The summed E-state index contributed by atoms with van der Waals surface area (Å²) < 4.78 is 6.51. The van der Waals surface area contributed by atoms with Crippen molar-refractivity contribution in [2.24, 2.45) is 11.3 Å². The molecular formula is C15H24BrClO. The van der Waals surface area contributed by atoms with Crippen LogP contribution >= 0.6 is 27.5 Å². The Morgan fingerprint density at radius 1 is 1.11 bits per heavy atom. The summed E-state index contributed by atoms with van der Waals surface area (Å²) >= 11 is 10.5. The molecule has 0 N–H and O–H groups in total. The van der Waals surface area contributed by atoms with Crippen LogP contribution in [0.4, 0.5) is 0 Å². The van der Waals surface area contributed by atoms with Crippen molar-refractivity contribution in [2.45, 2.75) is 80.7 Å². The van der Waals surface area contributed by atoms with Crippen molar-refractivity contribution >= 4 is 27.5 Å². The lowest BCUT2D eigenvalue weighted by Gasteiger charge is -2.54. The van der Waals surface area contributed by atoms with Crippen LogP contribution in [0.5, 0.6) is 0 Å². The summed E-state index contributed by atoms with van der Waals surface area (Å²) in [4.78, 5) is 0.301. The van der Waals surface area contributed by atoms with E-state index in [0.717, 1.165) is 12.8 Å². The maximum atomic E-state index is 6.63. The van der Waals surface area contributed by atoms with Crippen LogP contribution in [0.25, 0.3) is 0 Å². The Balaban J connectivity index is 1.97. The van der Waals surface area contributed by atoms with E-state index >= 15 is 0 Å². The third-order valence-corrected chi connectivity index (χ3v) is 8.66. The van der Waals surface area contributed by atoms with Crippen molar-refractivity contribution in [3.63, 3.8) is 0 Å². The minimum absolute atomic E-state index is 0.0700. The average molecular weight is 336 g/mol. The molecule has 1 aliphatic carbocycles. The van der Waals surface area contributed by atoms with E-state index in [1.54, 1.807) is 0 Å². The highest BCUT2D eigenvalue weighted by Crippen LogP contribution is 2.69. The molecule has 2 saturated heterocycles. The molecule has 3 rings (SSSR count). The van der Waals surface area contributed by atoms with Gasteiger partial charge in [0.25, 0.3) is 0 Å². The molecular weight excluding hydrogens is 312 g/mol. The van der Waals surface area contributed by atoms with Gasteiger partial charge in [0.05, 0.1) is 16.1 Å². The molecule has 0 amide bonds. The van der Waals surface area contributed by atoms with Crippen molar-refractivity contribution in [1.82, 2.24) is 0 Å². The molecule has 1 saturated carbocycles. The molecule has 2 unspecified atom stereocenters. The van der Waals surface area contributed by atoms with Gasteiger partial charge in [-0.1, -0.05) is 22.9 Å². The molecule has 18 heavy (non-hydrogen) atoms. The van der Waals surface area contributed by atoms with Gasteiger partial charge >= 0.3 is 0 Å². The van der Waals surface area contributed by atoms with Gasteiger partial charge in [-0.15, -0.1) is 11.6 Å². The molecule has 0 aromatic rings.